The zero-order valence-electron chi connectivity index (χ0n) is 11.3. The molecule has 1 heterocycles. The van der Waals surface area contributed by atoms with Crippen molar-refractivity contribution in [2.24, 2.45) is 16.8 Å². The van der Waals surface area contributed by atoms with E-state index in [1.807, 2.05) is 23.6 Å². The highest BCUT2D eigenvalue weighted by molar-refractivity contribution is 8.00. The van der Waals surface area contributed by atoms with Crippen molar-refractivity contribution >= 4 is 23.5 Å². The molecule has 1 fully saturated rings. The number of carbonyl (C=O) groups is 1. The summed E-state index contributed by atoms with van der Waals surface area (Å²) in [6.45, 7) is 7.72. The first-order valence-electron chi connectivity index (χ1n) is 6.41. The first kappa shape index (κ1) is 15.1. The Morgan fingerprint density at radius 2 is 2.06 bits per heavy atom. The molecule has 1 rings (SSSR count). The van der Waals surface area contributed by atoms with Crippen molar-refractivity contribution in [1.82, 2.24) is 4.90 Å². The second-order valence-corrected chi connectivity index (χ2v) is 6.75. The van der Waals surface area contributed by atoms with Gasteiger partial charge in [0.05, 0.1) is 5.92 Å². The highest BCUT2D eigenvalue weighted by Crippen LogP contribution is 2.26. The molecule has 1 aliphatic rings. The molecule has 5 nitrogen and oxygen atoms in total. The van der Waals surface area contributed by atoms with Crippen LogP contribution in [0.25, 0.3) is 0 Å². The quantitative estimate of drug-likeness (QED) is 0.352. The van der Waals surface area contributed by atoms with Crippen molar-refractivity contribution in [2.45, 2.75) is 44.1 Å². The highest BCUT2D eigenvalue weighted by Gasteiger charge is 2.32. The molecule has 18 heavy (non-hydrogen) atoms. The first-order chi connectivity index (χ1) is 8.49. The fourth-order valence-electron chi connectivity index (χ4n) is 2.33. The minimum Gasteiger partial charge on any atom is -0.409 e. The fraction of sp³-hybridized carbons (Fsp3) is 0.833. The first-order valence-corrected chi connectivity index (χ1v) is 7.35. The van der Waals surface area contributed by atoms with Crippen LogP contribution >= 0.6 is 11.8 Å². The van der Waals surface area contributed by atoms with Gasteiger partial charge < -0.3 is 15.8 Å². The minimum absolute atomic E-state index is 0.00819. The summed E-state index contributed by atoms with van der Waals surface area (Å²) in [5.74, 6) is -0.464. The van der Waals surface area contributed by atoms with Gasteiger partial charge in [0.2, 0.25) is 5.91 Å². The average molecular weight is 273 g/mol. The Balaban J connectivity index is 2.76. The summed E-state index contributed by atoms with van der Waals surface area (Å²) in [5, 5.41) is 12.6. The van der Waals surface area contributed by atoms with Crippen molar-refractivity contribution in [2.75, 3.05) is 13.1 Å². The molecule has 0 radical (unpaired) electrons. The van der Waals surface area contributed by atoms with Crippen molar-refractivity contribution in [1.29, 1.82) is 0 Å². The summed E-state index contributed by atoms with van der Waals surface area (Å²) in [6, 6.07) is 0. The van der Waals surface area contributed by atoms with E-state index in [-0.39, 0.29) is 11.7 Å². The number of hydrogen-bond acceptors (Lipinski definition) is 4. The van der Waals surface area contributed by atoms with Crippen LogP contribution < -0.4 is 5.73 Å². The highest BCUT2D eigenvalue weighted by atomic mass is 32.2. The predicted molar refractivity (Wildman–Crippen MR) is 74.9 cm³/mol. The van der Waals surface area contributed by atoms with E-state index in [2.05, 4.69) is 19.0 Å². The van der Waals surface area contributed by atoms with Crippen molar-refractivity contribution < 1.29 is 10.0 Å². The molecule has 0 spiro atoms. The van der Waals surface area contributed by atoms with Crippen molar-refractivity contribution in [3.8, 4) is 0 Å². The normalized spacial score (nSPS) is 27.1. The monoisotopic (exact) mass is 273 g/mol. The third-order valence-electron chi connectivity index (χ3n) is 3.08. The van der Waals surface area contributed by atoms with Gasteiger partial charge in [0, 0.05) is 23.6 Å². The maximum absolute atomic E-state index is 12.4. The molecule has 1 aliphatic heterocycles. The van der Waals surface area contributed by atoms with Crippen molar-refractivity contribution in [3.05, 3.63) is 0 Å². The summed E-state index contributed by atoms with van der Waals surface area (Å²) < 4.78 is 0. The molecule has 0 saturated carbocycles. The van der Waals surface area contributed by atoms with Gasteiger partial charge in [-0.25, -0.2) is 0 Å². The van der Waals surface area contributed by atoms with Crippen molar-refractivity contribution in [3.63, 3.8) is 0 Å². The molecular weight excluding hydrogens is 250 g/mol. The Kier molecular flexibility index (Phi) is 5.78. The van der Waals surface area contributed by atoms with Crippen LogP contribution in [-0.2, 0) is 4.79 Å². The van der Waals surface area contributed by atoms with Gasteiger partial charge >= 0.3 is 0 Å². The van der Waals surface area contributed by atoms with E-state index in [4.69, 9.17) is 10.9 Å². The van der Waals surface area contributed by atoms with E-state index in [9.17, 15) is 4.79 Å². The van der Waals surface area contributed by atoms with E-state index in [1.165, 1.54) is 0 Å². The number of nitrogens with zero attached hydrogens (tertiary/aromatic N) is 2. The number of oxime groups is 1. The molecule has 0 aromatic carbocycles. The zero-order valence-corrected chi connectivity index (χ0v) is 12.1. The zero-order chi connectivity index (χ0) is 13.7. The van der Waals surface area contributed by atoms with Gasteiger partial charge in [-0.3, -0.25) is 4.79 Å². The van der Waals surface area contributed by atoms with E-state index in [0.29, 0.717) is 16.9 Å². The lowest BCUT2D eigenvalue weighted by Crippen LogP contribution is -2.49. The number of carbonyl (C=O) groups excluding carboxylic acids is 1. The van der Waals surface area contributed by atoms with Crippen LogP contribution in [0.4, 0.5) is 0 Å². The predicted octanol–water partition coefficient (Wildman–Crippen LogP) is 1.50. The lowest BCUT2D eigenvalue weighted by molar-refractivity contribution is -0.133. The number of thioether (sulfide) groups is 1. The standard InChI is InChI=1S/C12H23N3O2S/c1-4-5-10(11(13)14-17)12(16)15-6-8(2)18-9(3)7-15/h8-10,17H,4-7H2,1-3H3,(H2,13,14). The average Bonchev–Trinajstić information content (AvgIpc) is 2.33. The topological polar surface area (TPSA) is 78.9 Å². The van der Waals surface area contributed by atoms with Gasteiger partial charge in [0.1, 0.15) is 0 Å². The third kappa shape index (κ3) is 3.80. The maximum Gasteiger partial charge on any atom is 0.233 e. The van der Waals surface area contributed by atoms with Gasteiger partial charge in [-0.15, -0.1) is 0 Å². The SMILES string of the molecule is CCCC(C(=O)N1CC(C)SC(C)C1)C(N)=NO. The molecule has 3 N–H and O–H groups in total. The van der Waals surface area contributed by atoms with Gasteiger partial charge in [-0.05, 0) is 6.42 Å². The Morgan fingerprint density at radius 1 is 1.50 bits per heavy atom. The van der Waals surface area contributed by atoms with Crippen LogP contribution in [0.3, 0.4) is 0 Å². The molecule has 0 aliphatic carbocycles. The van der Waals surface area contributed by atoms with Gasteiger partial charge in [0.15, 0.2) is 5.84 Å². The smallest absolute Gasteiger partial charge is 0.233 e. The van der Waals surface area contributed by atoms with E-state index < -0.39 is 5.92 Å². The number of amides is 1. The van der Waals surface area contributed by atoms with Crippen LogP contribution in [0.15, 0.2) is 5.16 Å². The van der Waals surface area contributed by atoms with Crippen LogP contribution in [0.2, 0.25) is 0 Å². The molecule has 104 valence electrons. The molecule has 6 heteroatoms. The largest absolute Gasteiger partial charge is 0.409 e. The Morgan fingerprint density at radius 3 is 2.50 bits per heavy atom. The maximum atomic E-state index is 12.4. The lowest BCUT2D eigenvalue weighted by Gasteiger charge is -2.36. The molecule has 0 aromatic heterocycles. The van der Waals surface area contributed by atoms with Crippen LogP contribution in [0, 0.1) is 5.92 Å². The second-order valence-electron chi connectivity index (χ2n) is 4.87. The van der Waals surface area contributed by atoms with Crippen LogP contribution in [0.1, 0.15) is 33.6 Å². The van der Waals surface area contributed by atoms with E-state index in [1.54, 1.807) is 0 Å². The summed E-state index contributed by atoms with van der Waals surface area (Å²) in [6.07, 6.45) is 1.46. The Labute approximate surface area is 113 Å². The lowest BCUT2D eigenvalue weighted by atomic mass is 10.0. The van der Waals surface area contributed by atoms with Crippen LogP contribution in [0.5, 0.6) is 0 Å². The summed E-state index contributed by atoms with van der Waals surface area (Å²) >= 11 is 1.90. The molecule has 0 bridgehead atoms. The van der Waals surface area contributed by atoms with E-state index in [0.717, 1.165) is 19.5 Å². The third-order valence-corrected chi connectivity index (χ3v) is 4.31. The summed E-state index contributed by atoms with van der Waals surface area (Å²) in [4.78, 5) is 14.3. The van der Waals surface area contributed by atoms with E-state index >= 15 is 0 Å². The molecule has 3 atom stereocenters. The molecule has 1 amide bonds. The van der Waals surface area contributed by atoms with Crippen LogP contribution in [-0.4, -0.2) is 45.4 Å². The second kappa shape index (κ2) is 6.87. The number of hydrogen-bond donors (Lipinski definition) is 2. The number of rotatable bonds is 4. The summed E-state index contributed by atoms with van der Waals surface area (Å²) in [7, 11) is 0. The molecule has 0 aromatic rings. The number of nitrogens with two attached hydrogens (primary N) is 1. The molecular formula is C12H23N3O2S. The van der Waals surface area contributed by atoms with Gasteiger partial charge in [-0.1, -0.05) is 32.3 Å². The van der Waals surface area contributed by atoms with Gasteiger partial charge in [0.25, 0.3) is 0 Å². The molecule has 3 unspecified atom stereocenters. The molecule has 1 saturated heterocycles. The summed E-state index contributed by atoms with van der Waals surface area (Å²) in [5.41, 5.74) is 5.63. The fourth-order valence-corrected chi connectivity index (χ4v) is 3.66. The number of amidine groups is 1. The van der Waals surface area contributed by atoms with Gasteiger partial charge in [-0.2, -0.15) is 11.8 Å². The minimum atomic E-state index is -0.484. The Hall–Kier alpha value is -0.910. The Bertz CT molecular complexity index is 312.